The highest BCUT2D eigenvalue weighted by Crippen LogP contribution is 2.11. The first-order valence-electron chi connectivity index (χ1n) is 4.63. The van der Waals surface area contributed by atoms with Crippen molar-refractivity contribution in [3.05, 3.63) is 12.2 Å². The third-order valence-electron chi connectivity index (χ3n) is 1.93. The Kier molecular flexibility index (Phi) is 7.11. The summed E-state index contributed by atoms with van der Waals surface area (Å²) in [7, 11) is 0. The van der Waals surface area contributed by atoms with Crippen LogP contribution in [0.5, 0.6) is 0 Å². The molecule has 0 rings (SSSR count). The standard InChI is InChI=1S/C10H21NO/c1-9(2)6-4-5-7-10(3)8-12-11/h10H,1,4-8,11H2,2-3H3. The first-order valence-corrected chi connectivity index (χ1v) is 4.63. The molecule has 0 saturated carbocycles. The molecule has 0 amide bonds. The molecule has 0 spiro atoms. The molecule has 0 heterocycles. The third-order valence-corrected chi connectivity index (χ3v) is 1.93. The molecular weight excluding hydrogens is 150 g/mol. The molecule has 0 bridgehead atoms. The Morgan fingerprint density at radius 1 is 1.50 bits per heavy atom. The Balaban J connectivity index is 3.13. The maximum atomic E-state index is 4.97. The predicted octanol–water partition coefficient (Wildman–Crippen LogP) is 2.65. The zero-order chi connectivity index (χ0) is 9.40. The number of hydrogen-bond acceptors (Lipinski definition) is 2. The lowest BCUT2D eigenvalue weighted by Crippen LogP contribution is -2.09. The Morgan fingerprint density at radius 2 is 2.17 bits per heavy atom. The van der Waals surface area contributed by atoms with Gasteiger partial charge in [-0.05, 0) is 32.1 Å². The zero-order valence-corrected chi connectivity index (χ0v) is 8.31. The van der Waals surface area contributed by atoms with Crippen LogP contribution in [0.2, 0.25) is 0 Å². The summed E-state index contributed by atoms with van der Waals surface area (Å²) in [5.74, 6) is 5.55. The van der Waals surface area contributed by atoms with Crippen LogP contribution >= 0.6 is 0 Å². The van der Waals surface area contributed by atoms with Crippen molar-refractivity contribution in [2.45, 2.75) is 39.5 Å². The van der Waals surface area contributed by atoms with Crippen LogP contribution in [0.3, 0.4) is 0 Å². The summed E-state index contributed by atoms with van der Waals surface area (Å²) in [6.45, 7) is 8.77. The fraction of sp³-hybridized carbons (Fsp3) is 0.800. The van der Waals surface area contributed by atoms with Gasteiger partial charge in [0.1, 0.15) is 0 Å². The average molecular weight is 171 g/mol. The molecule has 0 radical (unpaired) electrons. The molecule has 2 nitrogen and oxygen atoms in total. The summed E-state index contributed by atoms with van der Waals surface area (Å²) in [5.41, 5.74) is 1.28. The minimum absolute atomic E-state index is 0.583. The normalized spacial score (nSPS) is 12.9. The maximum absolute atomic E-state index is 4.97. The lowest BCUT2D eigenvalue weighted by atomic mass is 10.0. The van der Waals surface area contributed by atoms with Crippen molar-refractivity contribution in [2.24, 2.45) is 11.8 Å². The smallest absolute Gasteiger partial charge is 0.0704 e. The first kappa shape index (κ1) is 11.7. The topological polar surface area (TPSA) is 35.2 Å². The zero-order valence-electron chi connectivity index (χ0n) is 8.31. The van der Waals surface area contributed by atoms with Crippen LogP contribution in [0.15, 0.2) is 12.2 Å². The van der Waals surface area contributed by atoms with Crippen molar-refractivity contribution in [3.63, 3.8) is 0 Å². The van der Waals surface area contributed by atoms with Crippen molar-refractivity contribution >= 4 is 0 Å². The summed E-state index contributed by atoms with van der Waals surface area (Å²) in [4.78, 5) is 4.56. The van der Waals surface area contributed by atoms with Gasteiger partial charge in [0.25, 0.3) is 0 Å². The molecule has 12 heavy (non-hydrogen) atoms. The van der Waals surface area contributed by atoms with Crippen LogP contribution in [0.4, 0.5) is 0 Å². The Hall–Kier alpha value is -0.340. The fourth-order valence-electron chi connectivity index (χ4n) is 1.17. The molecule has 0 saturated heterocycles. The molecule has 72 valence electrons. The summed E-state index contributed by atoms with van der Waals surface area (Å²) < 4.78 is 0. The Bertz CT molecular complexity index is 123. The van der Waals surface area contributed by atoms with Crippen molar-refractivity contribution in [3.8, 4) is 0 Å². The molecule has 0 aromatic heterocycles. The summed E-state index contributed by atoms with van der Waals surface area (Å²) >= 11 is 0. The predicted molar refractivity (Wildman–Crippen MR) is 52.6 cm³/mol. The maximum Gasteiger partial charge on any atom is 0.0704 e. The van der Waals surface area contributed by atoms with E-state index in [0.717, 1.165) is 6.42 Å². The van der Waals surface area contributed by atoms with E-state index >= 15 is 0 Å². The average Bonchev–Trinajstić information content (AvgIpc) is 1.98. The second-order valence-electron chi connectivity index (χ2n) is 3.64. The van der Waals surface area contributed by atoms with E-state index in [0.29, 0.717) is 12.5 Å². The van der Waals surface area contributed by atoms with Crippen LogP contribution in [0.25, 0.3) is 0 Å². The van der Waals surface area contributed by atoms with E-state index in [-0.39, 0.29) is 0 Å². The molecule has 0 aliphatic heterocycles. The summed E-state index contributed by atoms with van der Waals surface area (Å²) in [6.07, 6.45) is 4.84. The second kappa shape index (κ2) is 7.32. The van der Waals surface area contributed by atoms with E-state index in [1.54, 1.807) is 0 Å². The highest BCUT2D eigenvalue weighted by atomic mass is 16.6. The molecule has 1 atom stereocenters. The van der Waals surface area contributed by atoms with Gasteiger partial charge in [-0.3, -0.25) is 0 Å². The van der Waals surface area contributed by atoms with Gasteiger partial charge in [0.2, 0.25) is 0 Å². The van der Waals surface area contributed by atoms with Crippen molar-refractivity contribution in [2.75, 3.05) is 6.61 Å². The van der Waals surface area contributed by atoms with Gasteiger partial charge in [-0.15, -0.1) is 6.58 Å². The van der Waals surface area contributed by atoms with E-state index in [9.17, 15) is 0 Å². The van der Waals surface area contributed by atoms with Crippen LogP contribution in [-0.4, -0.2) is 6.61 Å². The molecule has 0 aromatic rings. The molecule has 0 fully saturated rings. The number of nitrogens with two attached hydrogens (primary N) is 1. The molecular formula is C10H21NO. The van der Waals surface area contributed by atoms with Gasteiger partial charge < -0.3 is 4.84 Å². The van der Waals surface area contributed by atoms with Gasteiger partial charge in [-0.2, -0.15) is 0 Å². The molecule has 1 unspecified atom stereocenters. The van der Waals surface area contributed by atoms with Crippen molar-refractivity contribution < 1.29 is 4.84 Å². The Labute approximate surface area is 75.7 Å². The lowest BCUT2D eigenvalue weighted by Gasteiger charge is -2.08. The Morgan fingerprint density at radius 3 is 2.67 bits per heavy atom. The van der Waals surface area contributed by atoms with E-state index in [1.807, 2.05) is 0 Å². The fourth-order valence-corrected chi connectivity index (χ4v) is 1.17. The number of rotatable bonds is 7. The largest absolute Gasteiger partial charge is 0.304 e. The highest BCUT2D eigenvalue weighted by molar-refractivity contribution is 4.87. The van der Waals surface area contributed by atoms with Gasteiger partial charge in [0, 0.05) is 0 Å². The molecule has 2 N–H and O–H groups in total. The van der Waals surface area contributed by atoms with Gasteiger partial charge in [0.05, 0.1) is 6.61 Å². The molecule has 2 heteroatoms. The highest BCUT2D eigenvalue weighted by Gasteiger charge is 2.00. The monoisotopic (exact) mass is 171 g/mol. The minimum atomic E-state index is 0.583. The number of allylic oxidation sites excluding steroid dienone is 1. The van der Waals surface area contributed by atoms with Gasteiger partial charge in [0.15, 0.2) is 0 Å². The quantitative estimate of drug-likeness (QED) is 0.363. The van der Waals surface area contributed by atoms with Crippen LogP contribution < -0.4 is 5.90 Å². The van der Waals surface area contributed by atoms with E-state index in [4.69, 9.17) is 5.90 Å². The summed E-state index contributed by atoms with van der Waals surface area (Å²) in [5, 5.41) is 0. The van der Waals surface area contributed by atoms with Crippen LogP contribution in [0, 0.1) is 5.92 Å². The van der Waals surface area contributed by atoms with Crippen molar-refractivity contribution in [1.82, 2.24) is 0 Å². The molecule has 0 aromatic carbocycles. The van der Waals surface area contributed by atoms with Gasteiger partial charge >= 0.3 is 0 Å². The lowest BCUT2D eigenvalue weighted by molar-refractivity contribution is 0.103. The second-order valence-corrected chi connectivity index (χ2v) is 3.64. The minimum Gasteiger partial charge on any atom is -0.304 e. The van der Waals surface area contributed by atoms with Crippen LogP contribution in [0.1, 0.15) is 39.5 Å². The number of unbranched alkanes of at least 4 members (excludes halogenated alkanes) is 1. The SMILES string of the molecule is C=C(C)CCCCC(C)CON. The van der Waals surface area contributed by atoms with E-state index in [2.05, 4.69) is 25.3 Å². The van der Waals surface area contributed by atoms with Gasteiger partial charge in [-0.25, -0.2) is 5.90 Å². The molecule has 0 aliphatic rings. The number of hydrogen-bond donors (Lipinski definition) is 1. The first-order chi connectivity index (χ1) is 5.66. The summed E-state index contributed by atoms with van der Waals surface area (Å²) in [6, 6.07) is 0. The molecule has 0 aliphatic carbocycles. The van der Waals surface area contributed by atoms with Gasteiger partial charge in [-0.1, -0.05) is 18.9 Å². The van der Waals surface area contributed by atoms with E-state index < -0.39 is 0 Å². The van der Waals surface area contributed by atoms with Crippen molar-refractivity contribution in [1.29, 1.82) is 0 Å². The third kappa shape index (κ3) is 7.76. The van der Waals surface area contributed by atoms with E-state index in [1.165, 1.54) is 24.8 Å². The van der Waals surface area contributed by atoms with Crippen LogP contribution in [-0.2, 0) is 4.84 Å².